The third-order valence-corrected chi connectivity index (χ3v) is 12.6. The average molecular weight is 779 g/mol. The summed E-state index contributed by atoms with van der Waals surface area (Å²) in [7, 11) is 0. The lowest BCUT2D eigenvalue weighted by Gasteiger charge is -2.34. The predicted octanol–water partition coefficient (Wildman–Crippen LogP) is 14.4. The zero-order valence-electron chi connectivity index (χ0n) is 33.3. The molecule has 10 aromatic rings. The van der Waals surface area contributed by atoms with Crippen LogP contribution in [0.5, 0.6) is 0 Å². The molecule has 3 nitrogen and oxygen atoms in total. The van der Waals surface area contributed by atoms with E-state index < -0.39 is 5.41 Å². The summed E-state index contributed by atoms with van der Waals surface area (Å²) in [5.41, 5.74) is 15.9. The van der Waals surface area contributed by atoms with E-state index in [0.717, 1.165) is 71.9 Å². The second kappa shape index (κ2) is 14.1. The number of hydrogen-bond donors (Lipinski definition) is 0. The zero-order valence-corrected chi connectivity index (χ0v) is 33.3. The third-order valence-electron chi connectivity index (χ3n) is 12.6. The lowest BCUT2D eigenvalue weighted by molar-refractivity contribution is 0.669. The van der Waals surface area contributed by atoms with Crippen molar-refractivity contribution in [2.75, 3.05) is 0 Å². The second-order valence-corrected chi connectivity index (χ2v) is 16.0. The number of furan rings is 1. The molecule has 0 saturated carbocycles. The Hall–Kier alpha value is -7.88. The van der Waals surface area contributed by atoms with Gasteiger partial charge in [-0.05, 0) is 79.5 Å². The van der Waals surface area contributed by atoms with Crippen LogP contribution in [-0.2, 0) is 5.41 Å². The molecule has 1 aromatic heterocycles. The third kappa shape index (κ3) is 5.58. The van der Waals surface area contributed by atoms with Crippen LogP contribution in [-0.4, -0.2) is 11.5 Å². The maximum absolute atomic E-state index is 6.75. The molecule has 3 heteroatoms. The molecule has 0 bridgehead atoms. The molecular weight excluding hydrogens is 741 g/mol. The fourth-order valence-electron chi connectivity index (χ4n) is 9.91. The number of allylic oxidation sites excluding steroid dienone is 1. The van der Waals surface area contributed by atoms with Crippen molar-refractivity contribution >= 4 is 50.0 Å². The van der Waals surface area contributed by atoms with Crippen molar-refractivity contribution in [2.45, 2.75) is 11.8 Å². The Morgan fingerprint density at radius 1 is 0.393 bits per heavy atom. The van der Waals surface area contributed by atoms with Gasteiger partial charge in [0.15, 0.2) is 5.84 Å². The highest BCUT2D eigenvalue weighted by Gasteiger charge is 2.46. The molecule has 2 heterocycles. The van der Waals surface area contributed by atoms with Crippen LogP contribution in [0.25, 0.3) is 60.7 Å². The predicted molar refractivity (Wildman–Crippen MR) is 253 cm³/mol. The molecule has 2 aliphatic rings. The first kappa shape index (κ1) is 35.1. The van der Waals surface area contributed by atoms with Gasteiger partial charge < -0.3 is 4.42 Å². The molecule has 0 radical (unpaired) electrons. The van der Waals surface area contributed by atoms with Crippen molar-refractivity contribution in [3.05, 3.63) is 257 Å². The maximum Gasteiger partial charge on any atom is 0.160 e. The van der Waals surface area contributed by atoms with E-state index >= 15 is 0 Å². The van der Waals surface area contributed by atoms with E-state index in [1.54, 1.807) is 0 Å². The number of fused-ring (bicyclic) bond motifs is 8. The summed E-state index contributed by atoms with van der Waals surface area (Å²) in [6.07, 6.45) is 2.85. The van der Waals surface area contributed by atoms with Crippen LogP contribution in [0.2, 0.25) is 0 Å². The van der Waals surface area contributed by atoms with E-state index in [1.165, 1.54) is 33.4 Å². The van der Waals surface area contributed by atoms with Gasteiger partial charge in [-0.2, -0.15) is 0 Å². The van der Waals surface area contributed by atoms with Gasteiger partial charge in [0.1, 0.15) is 11.2 Å². The van der Waals surface area contributed by atoms with Crippen molar-refractivity contribution in [1.82, 2.24) is 0 Å². The first-order valence-corrected chi connectivity index (χ1v) is 21.0. The van der Waals surface area contributed by atoms with Gasteiger partial charge in [0.05, 0.1) is 16.8 Å². The molecule has 0 unspecified atom stereocenters. The standard InChI is InChI=1S/C58H38N2O/c1-5-17-38(18-6-1)40-29-32-48-54(36-40)61-55-37-49(44-25-13-14-27-47(44)56(48)55)53-34-33-52(59-57(60-53)39-19-7-2-8-20-39)41-30-31-46-45-26-15-16-28-50(45)58(51(46)35-41,42-21-9-3-10-22-42)43-23-11-4-12-24-43/h1-33,35-37H,34H2. The Kier molecular flexibility index (Phi) is 8.14. The van der Waals surface area contributed by atoms with E-state index in [9.17, 15) is 0 Å². The molecule has 286 valence electrons. The van der Waals surface area contributed by atoms with Crippen LogP contribution < -0.4 is 0 Å². The lowest BCUT2D eigenvalue weighted by atomic mass is 9.67. The van der Waals surface area contributed by atoms with E-state index in [-0.39, 0.29) is 0 Å². The molecule has 0 saturated heterocycles. The normalized spacial score (nSPS) is 14.3. The van der Waals surface area contributed by atoms with Crippen LogP contribution in [0.3, 0.4) is 0 Å². The summed E-state index contributed by atoms with van der Waals surface area (Å²) in [6, 6.07) is 76.0. The molecule has 1 aliphatic heterocycles. The highest BCUT2D eigenvalue weighted by Crippen LogP contribution is 2.56. The number of nitrogens with zero attached hydrogens (tertiary/aromatic N) is 2. The summed E-state index contributed by atoms with van der Waals surface area (Å²) in [5, 5.41) is 4.51. The Morgan fingerprint density at radius 3 is 1.74 bits per heavy atom. The smallest absolute Gasteiger partial charge is 0.160 e. The van der Waals surface area contributed by atoms with Gasteiger partial charge in [0.25, 0.3) is 0 Å². The van der Waals surface area contributed by atoms with Crippen molar-refractivity contribution in [3.63, 3.8) is 0 Å². The molecule has 0 amide bonds. The lowest BCUT2D eigenvalue weighted by Crippen LogP contribution is -2.28. The van der Waals surface area contributed by atoms with Crippen LogP contribution in [0.1, 0.15) is 45.4 Å². The Bertz CT molecular complexity index is 3370. The maximum atomic E-state index is 6.75. The summed E-state index contributed by atoms with van der Waals surface area (Å²) >= 11 is 0. The highest BCUT2D eigenvalue weighted by atomic mass is 16.3. The van der Waals surface area contributed by atoms with Crippen LogP contribution in [0, 0.1) is 0 Å². The largest absolute Gasteiger partial charge is 0.456 e. The molecule has 61 heavy (non-hydrogen) atoms. The van der Waals surface area contributed by atoms with Crippen molar-refractivity contribution in [1.29, 1.82) is 0 Å². The molecular formula is C58H38N2O. The average Bonchev–Trinajstić information content (AvgIpc) is 3.75. The van der Waals surface area contributed by atoms with Gasteiger partial charge in [0, 0.05) is 33.9 Å². The minimum atomic E-state index is -0.508. The summed E-state index contributed by atoms with van der Waals surface area (Å²) in [6.45, 7) is 0. The van der Waals surface area contributed by atoms with E-state index in [4.69, 9.17) is 14.4 Å². The number of hydrogen-bond acceptors (Lipinski definition) is 3. The van der Waals surface area contributed by atoms with Crippen LogP contribution >= 0.6 is 0 Å². The first-order valence-electron chi connectivity index (χ1n) is 21.0. The van der Waals surface area contributed by atoms with Crippen molar-refractivity contribution in [3.8, 4) is 22.3 Å². The van der Waals surface area contributed by atoms with Gasteiger partial charge in [-0.15, -0.1) is 0 Å². The molecule has 0 N–H and O–H groups in total. The topological polar surface area (TPSA) is 37.9 Å². The number of benzene rings is 9. The van der Waals surface area contributed by atoms with E-state index in [1.807, 2.05) is 12.1 Å². The molecule has 0 atom stereocenters. The minimum Gasteiger partial charge on any atom is -0.456 e. The zero-order chi connectivity index (χ0) is 40.3. The van der Waals surface area contributed by atoms with E-state index in [0.29, 0.717) is 12.3 Å². The number of aliphatic imine (C=N–C) groups is 2. The Labute approximate surface area is 354 Å². The van der Waals surface area contributed by atoms with Gasteiger partial charge in [-0.25, -0.2) is 9.98 Å². The minimum absolute atomic E-state index is 0.508. The molecule has 0 spiro atoms. The highest BCUT2D eigenvalue weighted by molar-refractivity contribution is 6.26. The Balaban J connectivity index is 1.04. The monoisotopic (exact) mass is 778 g/mol. The number of amidine groups is 1. The second-order valence-electron chi connectivity index (χ2n) is 16.0. The summed E-state index contributed by atoms with van der Waals surface area (Å²) in [4.78, 5) is 10.9. The van der Waals surface area contributed by atoms with Gasteiger partial charge in [-0.3, -0.25) is 0 Å². The molecule has 12 rings (SSSR count). The molecule has 1 aliphatic carbocycles. The van der Waals surface area contributed by atoms with Crippen molar-refractivity contribution < 1.29 is 4.42 Å². The molecule has 0 fully saturated rings. The SMILES string of the molecule is C1=C(c2ccc3c(c2)C(c2ccccc2)(c2ccccc2)c2ccccc2-3)N=C(c2ccccc2)N=C(c2cc3oc4cc(-c5ccccc5)ccc4c3c3ccccc23)C1. The van der Waals surface area contributed by atoms with Gasteiger partial charge >= 0.3 is 0 Å². The van der Waals surface area contributed by atoms with Crippen molar-refractivity contribution in [2.24, 2.45) is 9.98 Å². The Morgan fingerprint density at radius 2 is 1.00 bits per heavy atom. The fraction of sp³-hybridized carbons (Fsp3) is 0.0345. The van der Waals surface area contributed by atoms with E-state index in [2.05, 4.69) is 206 Å². The quantitative estimate of drug-likeness (QED) is 0.166. The van der Waals surface area contributed by atoms with Gasteiger partial charge in [-0.1, -0.05) is 194 Å². The first-order chi connectivity index (χ1) is 30.2. The fourth-order valence-corrected chi connectivity index (χ4v) is 9.91. The number of rotatable bonds is 6. The summed E-state index contributed by atoms with van der Waals surface area (Å²) in [5.74, 6) is 0.682. The molecule has 9 aromatic carbocycles. The van der Waals surface area contributed by atoms with Crippen LogP contribution in [0.15, 0.2) is 233 Å². The van der Waals surface area contributed by atoms with Gasteiger partial charge in [0.2, 0.25) is 0 Å². The van der Waals surface area contributed by atoms with Crippen LogP contribution in [0.4, 0.5) is 0 Å². The summed E-state index contributed by atoms with van der Waals surface area (Å²) < 4.78 is 6.75.